The van der Waals surface area contributed by atoms with Crippen LogP contribution in [0.3, 0.4) is 0 Å². The summed E-state index contributed by atoms with van der Waals surface area (Å²) in [7, 11) is 0. The standard InChI is InChI=1S/C9H8BrN/c10-9-4-8(5-11-6-9)3-7-1-2-7/h3-6H,1-2H2. The molecular weight excluding hydrogens is 202 g/mol. The first-order valence-corrected chi connectivity index (χ1v) is 4.44. The number of aromatic nitrogens is 1. The lowest BCUT2D eigenvalue weighted by Gasteiger charge is -1.91. The number of allylic oxidation sites excluding steroid dienone is 1. The summed E-state index contributed by atoms with van der Waals surface area (Å²) >= 11 is 3.38. The molecule has 0 N–H and O–H groups in total. The van der Waals surface area contributed by atoms with Crippen molar-refractivity contribution in [3.63, 3.8) is 0 Å². The van der Waals surface area contributed by atoms with Crippen LogP contribution in [0.5, 0.6) is 0 Å². The summed E-state index contributed by atoms with van der Waals surface area (Å²) in [5, 5.41) is 0. The number of pyridine rings is 1. The van der Waals surface area contributed by atoms with E-state index in [4.69, 9.17) is 0 Å². The minimum absolute atomic E-state index is 1.05. The smallest absolute Gasteiger partial charge is 0.0410 e. The highest BCUT2D eigenvalue weighted by molar-refractivity contribution is 9.10. The molecule has 0 radical (unpaired) electrons. The van der Waals surface area contributed by atoms with E-state index in [0.29, 0.717) is 0 Å². The van der Waals surface area contributed by atoms with E-state index >= 15 is 0 Å². The van der Waals surface area contributed by atoms with E-state index in [2.05, 4.69) is 33.1 Å². The van der Waals surface area contributed by atoms with Gasteiger partial charge in [0.1, 0.15) is 0 Å². The molecule has 0 aromatic carbocycles. The third-order valence-electron chi connectivity index (χ3n) is 1.64. The number of halogens is 1. The van der Waals surface area contributed by atoms with Crippen molar-refractivity contribution in [2.75, 3.05) is 0 Å². The molecule has 56 valence electrons. The highest BCUT2D eigenvalue weighted by Gasteiger charge is 2.09. The van der Waals surface area contributed by atoms with E-state index in [1.807, 2.05) is 6.20 Å². The summed E-state index contributed by atoms with van der Waals surface area (Å²) in [6, 6.07) is 2.08. The van der Waals surface area contributed by atoms with Crippen molar-refractivity contribution < 1.29 is 0 Å². The summed E-state index contributed by atoms with van der Waals surface area (Å²) in [5.74, 6) is 0. The lowest BCUT2D eigenvalue weighted by Crippen LogP contribution is -1.75. The maximum absolute atomic E-state index is 4.07. The van der Waals surface area contributed by atoms with E-state index < -0.39 is 0 Å². The lowest BCUT2D eigenvalue weighted by molar-refractivity contribution is 1.30. The van der Waals surface area contributed by atoms with Crippen LogP contribution < -0.4 is 0 Å². The van der Waals surface area contributed by atoms with Gasteiger partial charge in [-0.15, -0.1) is 0 Å². The van der Waals surface area contributed by atoms with Gasteiger partial charge in [0, 0.05) is 16.9 Å². The van der Waals surface area contributed by atoms with Crippen LogP contribution in [0.1, 0.15) is 18.4 Å². The molecule has 1 aromatic heterocycles. The zero-order valence-corrected chi connectivity index (χ0v) is 7.63. The molecule has 2 rings (SSSR count). The van der Waals surface area contributed by atoms with Crippen molar-refractivity contribution >= 4 is 22.0 Å². The molecule has 1 nitrogen and oxygen atoms in total. The SMILES string of the molecule is Brc1cncc(C=C2CC2)c1. The highest BCUT2D eigenvalue weighted by atomic mass is 79.9. The quantitative estimate of drug-likeness (QED) is 0.694. The van der Waals surface area contributed by atoms with Gasteiger partial charge in [0.2, 0.25) is 0 Å². The van der Waals surface area contributed by atoms with Crippen LogP contribution in [0.25, 0.3) is 6.08 Å². The molecule has 1 heterocycles. The minimum Gasteiger partial charge on any atom is -0.263 e. The fraction of sp³-hybridized carbons (Fsp3) is 0.222. The largest absolute Gasteiger partial charge is 0.263 e. The predicted octanol–water partition coefficient (Wildman–Crippen LogP) is 3.02. The molecule has 0 atom stereocenters. The van der Waals surface area contributed by atoms with Crippen LogP contribution in [0.15, 0.2) is 28.5 Å². The Morgan fingerprint density at radius 1 is 1.36 bits per heavy atom. The van der Waals surface area contributed by atoms with Gasteiger partial charge in [0.15, 0.2) is 0 Å². The van der Waals surface area contributed by atoms with Crippen molar-refractivity contribution in [2.45, 2.75) is 12.8 Å². The van der Waals surface area contributed by atoms with Crippen LogP contribution in [0, 0.1) is 0 Å². The summed E-state index contributed by atoms with van der Waals surface area (Å²) in [6.07, 6.45) is 8.43. The number of rotatable bonds is 1. The van der Waals surface area contributed by atoms with Crippen LogP contribution >= 0.6 is 15.9 Å². The van der Waals surface area contributed by atoms with E-state index in [1.165, 1.54) is 24.0 Å². The zero-order valence-electron chi connectivity index (χ0n) is 6.05. The van der Waals surface area contributed by atoms with Crippen LogP contribution in [0.4, 0.5) is 0 Å². The van der Waals surface area contributed by atoms with Gasteiger partial charge in [-0.3, -0.25) is 4.98 Å². The molecule has 1 aromatic rings. The summed E-state index contributed by atoms with van der Waals surface area (Å²) in [5.41, 5.74) is 2.73. The molecule has 11 heavy (non-hydrogen) atoms. The predicted molar refractivity (Wildman–Crippen MR) is 49.1 cm³/mol. The highest BCUT2D eigenvalue weighted by Crippen LogP contribution is 2.30. The van der Waals surface area contributed by atoms with E-state index in [0.717, 1.165) is 4.47 Å². The molecule has 1 aliphatic rings. The van der Waals surface area contributed by atoms with E-state index in [1.54, 1.807) is 6.20 Å². The third-order valence-corrected chi connectivity index (χ3v) is 2.07. The maximum Gasteiger partial charge on any atom is 0.0410 e. The topological polar surface area (TPSA) is 12.9 Å². The fourth-order valence-electron chi connectivity index (χ4n) is 0.959. The molecule has 0 unspecified atom stereocenters. The molecule has 0 bridgehead atoms. The lowest BCUT2D eigenvalue weighted by atomic mass is 10.2. The summed E-state index contributed by atoms with van der Waals surface area (Å²) in [4.78, 5) is 4.07. The van der Waals surface area contributed by atoms with Gasteiger partial charge in [0.25, 0.3) is 0 Å². The van der Waals surface area contributed by atoms with Gasteiger partial charge < -0.3 is 0 Å². The second-order valence-corrected chi connectivity index (χ2v) is 3.65. The number of hydrogen-bond donors (Lipinski definition) is 0. The molecule has 0 amide bonds. The molecule has 0 aliphatic heterocycles. The zero-order chi connectivity index (χ0) is 7.68. The van der Waals surface area contributed by atoms with Crippen molar-refractivity contribution in [1.29, 1.82) is 0 Å². The van der Waals surface area contributed by atoms with Gasteiger partial charge in [-0.25, -0.2) is 0 Å². The van der Waals surface area contributed by atoms with Gasteiger partial charge in [-0.1, -0.05) is 11.6 Å². The summed E-state index contributed by atoms with van der Waals surface area (Å²) < 4.78 is 1.05. The monoisotopic (exact) mass is 209 g/mol. The van der Waals surface area contributed by atoms with Crippen molar-refractivity contribution in [3.8, 4) is 0 Å². The second-order valence-electron chi connectivity index (χ2n) is 2.74. The van der Waals surface area contributed by atoms with Crippen LogP contribution in [-0.2, 0) is 0 Å². The second kappa shape index (κ2) is 2.78. The van der Waals surface area contributed by atoms with Gasteiger partial charge in [-0.05, 0) is 40.4 Å². The molecule has 2 heteroatoms. The molecule has 1 aliphatic carbocycles. The Labute approximate surface area is 74.3 Å². The van der Waals surface area contributed by atoms with Crippen LogP contribution in [-0.4, -0.2) is 4.98 Å². The first-order valence-electron chi connectivity index (χ1n) is 3.64. The average Bonchev–Trinajstić information content (AvgIpc) is 2.71. The Morgan fingerprint density at radius 2 is 2.18 bits per heavy atom. The Hall–Kier alpha value is -0.630. The Kier molecular flexibility index (Phi) is 1.78. The van der Waals surface area contributed by atoms with Crippen molar-refractivity contribution in [1.82, 2.24) is 4.98 Å². The molecule has 0 saturated heterocycles. The maximum atomic E-state index is 4.07. The average molecular weight is 210 g/mol. The Morgan fingerprint density at radius 3 is 2.82 bits per heavy atom. The molecule has 1 saturated carbocycles. The van der Waals surface area contributed by atoms with Gasteiger partial charge in [0.05, 0.1) is 0 Å². The van der Waals surface area contributed by atoms with Gasteiger partial charge in [-0.2, -0.15) is 0 Å². The van der Waals surface area contributed by atoms with Crippen molar-refractivity contribution in [2.24, 2.45) is 0 Å². The number of hydrogen-bond acceptors (Lipinski definition) is 1. The first-order chi connectivity index (χ1) is 5.34. The van der Waals surface area contributed by atoms with E-state index in [-0.39, 0.29) is 0 Å². The molecule has 1 fully saturated rings. The fourth-order valence-corrected chi connectivity index (χ4v) is 1.34. The first kappa shape index (κ1) is 7.04. The molecular formula is C9H8BrN. The van der Waals surface area contributed by atoms with Crippen molar-refractivity contribution in [3.05, 3.63) is 34.1 Å². The summed E-state index contributed by atoms with van der Waals surface area (Å²) in [6.45, 7) is 0. The van der Waals surface area contributed by atoms with Gasteiger partial charge >= 0.3 is 0 Å². The Balaban J connectivity index is 2.30. The van der Waals surface area contributed by atoms with Crippen LogP contribution in [0.2, 0.25) is 0 Å². The van der Waals surface area contributed by atoms with E-state index in [9.17, 15) is 0 Å². The molecule has 0 spiro atoms. The number of nitrogens with zero attached hydrogens (tertiary/aromatic N) is 1. The minimum atomic E-state index is 1.05. The Bertz CT molecular complexity index is 298. The third kappa shape index (κ3) is 1.90. The normalized spacial score (nSPS) is 14.8.